The Balaban J connectivity index is 1.47. The molecular weight excluding hydrogens is 312 g/mol. The van der Waals surface area contributed by atoms with Crippen molar-refractivity contribution in [3.05, 3.63) is 70.9 Å². The number of amides is 1. The second kappa shape index (κ2) is 6.25. The molecule has 0 radical (unpaired) electrons. The predicted molar refractivity (Wildman–Crippen MR) is 95.5 cm³/mol. The lowest BCUT2D eigenvalue weighted by Gasteiger charge is -2.12. The molecule has 1 aliphatic rings. The first-order chi connectivity index (χ1) is 12.2. The van der Waals surface area contributed by atoms with Crippen LogP contribution in [-0.2, 0) is 11.2 Å². The molecule has 25 heavy (non-hydrogen) atoms. The number of H-pyrrole nitrogens is 1. The maximum atomic E-state index is 12.2. The number of nitriles is 1. The highest BCUT2D eigenvalue weighted by Gasteiger charge is 2.22. The van der Waals surface area contributed by atoms with Crippen molar-refractivity contribution in [1.82, 2.24) is 15.5 Å². The zero-order chi connectivity index (χ0) is 17.2. The molecule has 2 aromatic carbocycles. The molecule has 0 spiro atoms. The number of aromatic amines is 1. The summed E-state index contributed by atoms with van der Waals surface area (Å²) in [7, 11) is 0. The SMILES string of the molecule is N#Cc1n[nH]c2cc(/C=C/C(=O)NC3CCc4ccccc43)ccc12. The molecule has 0 fully saturated rings. The third kappa shape index (κ3) is 2.90. The van der Waals surface area contributed by atoms with Crippen molar-refractivity contribution in [1.29, 1.82) is 5.26 Å². The standard InChI is InChI=1S/C20H16N4O/c21-12-19-16-8-5-13(11-18(16)23-24-19)6-10-20(25)22-17-9-7-14-3-1-2-4-15(14)17/h1-6,8,10-11,17H,7,9H2,(H,22,25)(H,23,24)/b10-6+. The third-order valence-corrected chi connectivity index (χ3v) is 4.57. The number of fused-ring (bicyclic) bond motifs is 2. The molecule has 0 saturated carbocycles. The lowest BCUT2D eigenvalue weighted by atomic mass is 10.1. The van der Waals surface area contributed by atoms with E-state index in [0.717, 1.165) is 29.3 Å². The Morgan fingerprint density at radius 3 is 3.08 bits per heavy atom. The third-order valence-electron chi connectivity index (χ3n) is 4.57. The van der Waals surface area contributed by atoms with Crippen LogP contribution in [0.2, 0.25) is 0 Å². The van der Waals surface area contributed by atoms with Crippen LogP contribution in [0.25, 0.3) is 17.0 Å². The lowest BCUT2D eigenvalue weighted by Crippen LogP contribution is -2.25. The minimum absolute atomic E-state index is 0.0848. The summed E-state index contributed by atoms with van der Waals surface area (Å²) in [4.78, 5) is 12.2. The van der Waals surface area contributed by atoms with Crippen LogP contribution in [0.15, 0.2) is 48.5 Å². The van der Waals surface area contributed by atoms with Crippen molar-refractivity contribution >= 4 is 22.9 Å². The smallest absolute Gasteiger partial charge is 0.244 e. The quantitative estimate of drug-likeness (QED) is 0.724. The second-order valence-electron chi connectivity index (χ2n) is 6.12. The van der Waals surface area contributed by atoms with Gasteiger partial charge in [-0.05, 0) is 47.7 Å². The molecule has 3 aromatic rings. The Morgan fingerprint density at radius 2 is 2.20 bits per heavy atom. The van der Waals surface area contributed by atoms with E-state index in [1.54, 1.807) is 12.2 Å². The van der Waals surface area contributed by atoms with Crippen LogP contribution in [0.5, 0.6) is 0 Å². The summed E-state index contributed by atoms with van der Waals surface area (Å²) in [5.74, 6) is -0.107. The molecule has 122 valence electrons. The van der Waals surface area contributed by atoms with Crippen molar-refractivity contribution in [2.75, 3.05) is 0 Å². The van der Waals surface area contributed by atoms with E-state index in [0.29, 0.717) is 5.69 Å². The highest BCUT2D eigenvalue weighted by molar-refractivity contribution is 5.93. The number of aryl methyl sites for hydroxylation is 1. The molecule has 1 aromatic heterocycles. The summed E-state index contributed by atoms with van der Waals surface area (Å²) in [5.41, 5.74) is 4.57. The maximum absolute atomic E-state index is 12.2. The van der Waals surface area contributed by atoms with E-state index >= 15 is 0 Å². The molecule has 0 bridgehead atoms. The fourth-order valence-corrected chi connectivity index (χ4v) is 3.32. The van der Waals surface area contributed by atoms with E-state index in [4.69, 9.17) is 5.26 Å². The molecule has 0 aliphatic heterocycles. The highest BCUT2D eigenvalue weighted by Crippen LogP contribution is 2.30. The van der Waals surface area contributed by atoms with Gasteiger partial charge in [-0.3, -0.25) is 9.89 Å². The van der Waals surface area contributed by atoms with Crippen LogP contribution in [0.1, 0.15) is 34.8 Å². The zero-order valence-corrected chi connectivity index (χ0v) is 13.5. The normalized spacial score (nSPS) is 16.0. The van der Waals surface area contributed by atoms with Gasteiger partial charge in [0.15, 0.2) is 5.69 Å². The Kier molecular flexibility index (Phi) is 3.79. The van der Waals surface area contributed by atoms with Gasteiger partial charge in [-0.2, -0.15) is 10.4 Å². The number of benzene rings is 2. The topological polar surface area (TPSA) is 81.6 Å². The van der Waals surface area contributed by atoms with Crippen LogP contribution in [0, 0.1) is 11.3 Å². The average Bonchev–Trinajstić information content (AvgIpc) is 3.24. The number of hydrogen-bond acceptors (Lipinski definition) is 3. The highest BCUT2D eigenvalue weighted by atomic mass is 16.1. The van der Waals surface area contributed by atoms with Gasteiger partial charge >= 0.3 is 0 Å². The molecule has 1 aliphatic carbocycles. The summed E-state index contributed by atoms with van der Waals surface area (Å²) in [5, 5.41) is 19.6. The van der Waals surface area contributed by atoms with E-state index in [-0.39, 0.29) is 11.9 Å². The van der Waals surface area contributed by atoms with E-state index in [2.05, 4.69) is 27.6 Å². The fraction of sp³-hybridized carbons (Fsp3) is 0.150. The first kappa shape index (κ1) is 15.2. The number of carbonyl (C=O) groups is 1. The van der Waals surface area contributed by atoms with Crippen molar-refractivity contribution in [3.8, 4) is 6.07 Å². The van der Waals surface area contributed by atoms with E-state index in [1.807, 2.05) is 36.4 Å². The van der Waals surface area contributed by atoms with Gasteiger partial charge in [-0.15, -0.1) is 0 Å². The fourth-order valence-electron chi connectivity index (χ4n) is 3.32. The summed E-state index contributed by atoms with van der Waals surface area (Å²) < 4.78 is 0. The van der Waals surface area contributed by atoms with Gasteiger partial charge < -0.3 is 5.32 Å². The molecule has 1 heterocycles. The van der Waals surface area contributed by atoms with Crippen LogP contribution < -0.4 is 5.32 Å². The van der Waals surface area contributed by atoms with Crippen LogP contribution >= 0.6 is 0 Å². The number of nitrogens with zero attached hydrogens (tertiary/aromatic N) is 2. The van der Waals surface area contributed by atoms with Crippen molar-refractivity contribution < 1.29 is 4.79 Å². The molecule has 5 heteroatoms. The molecule has 0 saturated heterocycles. The predicted octanol–water partition coefficient (Wildman–Crippen LogP) is 3.25. The van der Waals surface area contributed by atoms with E-state index < -0.39 is 0 Å². The number of rotatable bonds is 3. The molecule has 2 N–H and O–H groups in total. The van der Waals surface area contributed by atoms with Gasteiger partial charge in [0.05, 0.1) is 11.6 Å². The zero-order valence-electron chi connectivity index (χ0n) is 13.5. The molecule has 4 rings (SSSR count). The Hall–Kier alpha value is -3.39. The van der Waals surface area contributed by atoms with Gasteiger partial charge in [-0.25, -0.2) is 0 Å². The maximum Gasteiger partial charge on any atom is 0.244 e. The number of aromatic nitrogens is 2. The molecular formula is C20H16N4O. The number of hydrogen-bond donors (Lipinski definition) is 2. The van der Waals surface area contributed by atoms with E-state index in [9.17, 15) is 4.79 Å². The van der Waals surface area contributed by atoms with Crippen molar-refractivity contribution in [3.63, 3.8) is 0 Å². The summed E-state index contributed by atoms with van der Waals surface area (Å²) in [6.07, 6.45) is 5.25. The van der Waals surface area contributed by atoms with Crippen LogP contribution in [-0.4, -0.2) is 16.1 Å². The summed E-state index contributed by atoms with van der Waals surface area (Å²) >= 11 is 0. The first-order valence-corrected chi connectivity index (χ1v) is 8.19. The largest absolute Gasteiger partial charge is 0.346 e. The monoisotopic (exact) mass is 328 g/mol. The van der Waals surface area contributed by atoms with Crippen LogP contribution in [0.3, 0.4) is 0 Å². The molecule has 1 amide bonds. The summed E-state index contributed by atoms with van der Waals surface area (Å²) in [6, 6.07) is 15.9. The Morgan fingerprint density at radius 1 is 1.32 bits per heavy atom. The van der Waals surface area contributed by atoms with Crippen molar-refractivity contribution in [2.24, 2.45) is 0 Å². The van der Waals surface area contributed by atoms with E-state index in [1.165, 1.54) is 11.1 Å². The van der Waals surface area contributed by atoms with Gasteiger partial charge in [0.2, 0.25) is 5.91 Å². The molecule has 5 nitrogen and oxygen atoms in total. The Bertz CT molecular complexity index is 1030. The van der Waals surface area contributed by atoms with Crippen LogP contribution in [0.4, 0.5) is 0 Å². The number of carbonyl (C=O) groups excluding carboxylic acids is 1. The Labute approximate surface area is 145 Å². The van der Waals surface area contributed by atoms with Gasteiger partial charge in [0, 0.05) is 11.5 Å². The van der Waals surface area contributed by atoms with Gasteiger partial charge in [0.25, 0.3) is 0 Å². The number of nitrogens with one attached hydrogen (secondary N) is 2. The molecule has 1 atom stereocenters. The second-order valence-corrected chi connectivity index (χ2v) is 6.12. The minimum Gasteiger partial charge on any atom is -0.346 e. The average molecular weight is 328 g/mol. The minimum atomic E-state index is -0.107. The van der Waals surface area contributed by atoms with Gasteiger partial charge in [-0.1, -0.05) is 30.3 Å². The van der Waals surface area contributed by atoms with Gasteiger partial charge in [0.1, 0.15) is 6.07 Å². The molecule has 1 unspecified atom stereocenters. The lowest BCUT2D eigenvalue weighted by molar-refractivity contribution is -0.117. The van der Waals surface area contributed by atoms with Crippen molar-refractivity contribution in [2.45, 2.75) is 18.9 Å². The first-order valence-electron chi connectivity index (χ1n) is 8.19. The summed E-state index contributed by atoms with van der Waals surface area (Å²) in [6.45, 7) is 0.